The van der Waals surface area contributed by atoms with Crippen molar-refractivity contribution in [2.24, 2.45) is 0 Å². The number of hydrogen-bond donors (Lipinski definition) is 2. The third-order valence-electron chi connectivity index (χ3n) is 4.40. The van der Waals surface area contributed by atoms with Gasteiger partial charge in [0.2, 0.25) is 0 Å². The molecule has 6 nitrogen and oxygen atoms in total. The Labute approximate surface area is 119 Å². The van der Waals surface area contributed by atoms with Gasteiger partial charge in [-0.25, -0.2) is 9.59 Å². The fraction of sp³-hybridized carbons (Fsp3) is 0.857. The van der Waals surface area contributed by atoms with Crippen LogP contribution in [0.25, 0.3) is 0 Å². The van der Waals surface area contributed by atoms with Crippen LogP contribution in [0.3, 0.4) is 0 Å². The van der Waals surface area contributed by atoms with Crippen molar-refractivity contribution in [2.75, 3.05) is 13.1 Å². The number of carboxylic acids is 1. The number of aliphatic hydroxyl groups excluding tert-OH is 1. The molecule has 3 atom stereocenters. The summed E-state index contributed by atoms with van der Waals surface area (Å²) in [5.74, 6) is -1.03. The molecule has 0 spiro atoms. The summed E-state index contributed by atoms with van der Waals surface area (Å²) in [6.45, 7) is 2.88. The zero-order valence-electron chi connectivity index (χ0n) is 12.0. The summed E-state index contributed by atoms with van der Waals surface area (Å²) < 4.78 is 0. The van der Waals surface area contributed by atoms with Gasteiger partial charge >= 0.3 is 12.0 Å². The van der Waals surface area contributed by atoms with Crippen molar-refractivity contribution >= 4 is 12.0 Å². The highest BCUT2D eigenvalue weighted by Gasteiger charge is 2.41. The number of aliphatic hydroxyl groups is 1. The second-order valence-electron chi connectivity index (χ2n) is 5.78. The maximum atomic E-state index is 12.7. The summed E-state index contributed by atoms with van der Waals surface area (Å²) in [7, 11) is 0. The van der Waals surface area contributed by atoms with Gasteiger partial charge in [-0.2, -0.15) is 0 Å². The molecular formula is C14H24N2O4. The highest BCUT2D eigenvalue weighted by Crippen LogP contribution is 2.25. The lowest BCUT2D eigenvalue weighted by molar-refractivity contribution is -0.141. The van der Waals surface area contributed by atoms with Gasteiger partial charge in [0.15, 0.2) is 0 Å². The molecule has 0 saturated carbocycles. The van der Waals surface area contributed by atoms with E-state index in [0.29, 0.717) is 6.54 Å². The van der Waals surface area contributed by atoms with Crippen molar-refractivity contribution < 1.29 is 19.8 Å². The molecule has 2 fully saturated rings. The van der Waals surface area contributed by atoms with E-state index in [-0.39, 0.29) is 25.0 Å². The molecule has 0 aromatic carbocycles. The molecule has 2 aliphatic rings. The van der Waals surface area contributed by atoms with Crippen LogP contribution in [0, 0.1) is 0 Å². The summed E-state index contributed by atoms with van der Waals surface area (Å²) in [5.41, 5.74) is 0. The highest BCUT2D eigenvalue weighted by atomic mass is 16.4. The van der Waals surface area contributed by atoms with Crippen molar-refractivity contribution in [3.63, 3.8) is 0 Å². The van der Waals surface area contributed by atoms with Crippen molar-refractivity contribution in [3.05, 3.63) is 0 Å². The first-order chi connectivity index (χ1) is 9.54. The monoisotopic (exact) mass is 284 g/mol. The molecule has 6 heteroatoms. The third kappa shape index (κ3) is 3.06. The molecule has 0 aromatic rings. The van der Waals surface area contributed by atoms with Crippen molar-refractivity contribution in [3.8, 4) is 0 Å². The molecule has 1 unspecified atom stereocenters. The fourth-order valence-corrected chi connectivity index (χ4v) is 3.28. The Hall–Kier alpha value is -1.30. The molecule has 0 aliphatic carbocycles. The molecule has 0 bridgehead atoms. The van der Waals surface area contributed by atoms with E-state index in [2.05, 4.69) is 6.92 Å². The molecule has 2 heterocycles. The molecule has 20 heavy (non-hydrogen) atoms. The average Bonchev–Trinajstić information content (AvgIpc) is 2.67. The molecular weight excluding hydrogens is 260 g/mol. The number of β-amino-alcohol motifs (C(OH)–C–C–N with tert-alkyl or cyclic N) is 1. The van der Waals surface area contributed by atoms with Crippen LogP contribution >= 0.6 is 0 Å². The fourth-order valence-electron chi connectivity index (χ4n) is 3.28. The van der Waals surface area contributed by atoms with Gasteiger partial charge in [0.25, 0.3) is 0 Å². The molecule has 0 radical (unpaired) electrons. The predicted molar refractivity (Wildman–Crippen MR) is 73.4 cm³/mol. The summed E-state index contributed by atoms with van der Waals surface area (Å²) in [4.78, 5) is 27.1. The molecule has 2 saturated heterocycles. The van der Waals surface area contributed by atoms with E-state index < -0.39 is 18.1 Å². The van der Waals surface area contributed by atoms with Crippen LogP contribution in [-0.4, -0.2) is 63.3 Å². The van der Waals surface area contributed by atoms with Gasteiger partial charge in [-0.15, -0.1) is 0 Å². The molecule has 0 aromatic heterocycles. The highest BCUT2D eigenvalue weighted by molar-refractivity contribution is 5.83. The van der Waals surface area contributed by atoms with Crippen LogP contribution in [0.1, 0.15) is 45.4 Å². The number of urea groups is 1. The molecule has 2 N–H and O–H groups in total. The normalized spacial score (nSPS) is 31.2. The van der Waals surface area contributed by atoms with Gasteiger partial charge in [0.1, 0.15) is 6.04 Å². The van der Waals surface area contributed by atoms with Crippen LogP contribution < -0.4 is 0 Å². The van der Waals surface area contributed by atoms with Gasteiger partial charge in [-0.05, 0) is 19.3 Å². The van der Waals surface area contributed by atoms with Crippen LogP contribution in [0.5, 0.6) is 0 Å². The van der Waals surface area contributed by atoms with Gasteiger partial charge in [-0.3, -0.25) is 0 Å². The Balaban J connectivity index is 2.13. The number of nitrogens with zero attached hydrogens (tertiary/aromatic N) is 2. The summed E-state index contributed by atoms with van der Waals surface area (Å²) in [6.07, 6.45) is 4.48. The molecule has 2 aliphatic heterocycles. The summed E-state index contributed by atoms with van der Waals surface area (Å²) >= 11 is 0. The van der Waals surface area contributed by atoms with E-state index >= 15 is 0 Å². The number of likely N-dealkylation sites (tertiary alicyclic amines) is 2. The zero-order valence-corrected chi connectivity index (χ0v) is 12.0. The van der Waals surface area contributed by atoms with Crippen molar-refractivity contribution in [1.82, 2.24) is 9.80 Å². The van der Waals surface area contributed by atoms with Gasteiger partial charge in [0, 0.05) is 25.6 Å². The Morgan fingerprint density at radius 1 is 1.20 bits per heavy atom. The van der Waals surface area contributed by atoms with E-state index in [1.807, 2.05) is 4.90 Å². The Morgan fingerprint density at radius 3 is 2.60 bits per heavy atom. The molecule has 114 valence electrons. The van der Waals surface area contributed by atoms with E-state index in [9.17, 15) is 19.8 Å². The first-order valence-electron chi connectivity index (χ1n) is 7.52. The van der Waals surface area contributed by atoms with Gasteiger partial charge < -0.3 is 20.0 Å². The Bertz CT molecular complexity index is 374. The molecule has 2 amide bonds. The first-order valence-corrected chi connectivity index (χ1v) is 7.52. The topological polar surface area (TPSA) is 81.1 Å². The second-order valence-corrected chi connectivity index (χ2v) is 5.78. The summed E-state index contributed by atoms with van der Waals surface area (Å²) in [5, 5.41) is 18.9. The smallest absolute Gasteiger partial charge is 0.326 e. The maximum Gasteiger partial charge on any atom is 0.326 e. The Morgan fingerprint density at radius 2 is 1.95 bits per heavy atom. The minimum absolute atomic E-state index is 0.128. The maximum absolute atomic E-state index is 12.7. The first kappa shape index (κ1) is 15.1. The third-order valence-corrected chi connectivity index (χ3v) is 4.40. The number of carboxylic acid groups (broad SMARTS) is 1. The van der Waals surface area contributed by atoms with Crippen LogP contribution in [0.15, 0.2) is 0 Å². The van der Waals surface area contributed by atoms with Crippen molar-refractivity contribution in [2.45, 2.75) is 63.6 Å². The number of carbonyl (C=O) groups is 2. The lowest BCUT2D eigenvalue weighted by Gasteiger charge is -2.34. The number of amides is 2. The SMILES string of the molecule is CCC1CCCCCN1C(=O)N1C[C@H](O)C[C@H]1C(=O)O. The molecule has 2 rings (SSSR count). The van der Waals surface area contributed by atoms with E-state index in [4.69, 9.17) is 0 Å². The lowest BCUT2D eigenvalue weighted by Crippen LogP contribution is -2.51. The van der Waals surface area contributed by atoms with Crippen LogP contribution in [0.4, 0.5) is 4.79 Å². The lowest BCUT2D eigenvalue weighted by atomic mass is 10.1. The minimum Gasteiger partial charge on any atom is -0.480 e. The number of rotatable bonds is 2. The average molecular weight is 284 g/mol. The number of aliphatic carboxylic acids is 1. The largest absolute Gasteiger partial charge is 0.480 e. The van der Waals surface area contributed by atoms with Gasteiger partial charge in [0.05, 0.1) is 6.10 Å². The summed E-state index contributed by atoms with van der Waals surface area (Å²) in [6, 6.07) is -0.918. The Kier molecular flexibility index (Phi) is 4.86. The predicted octanol–water partition coefficient (Wildman–Crippen LogP) is 1.28. The number of hydrogen-bond acceptors (Lipinski definition) is 3. The van der Waals surface area contributed by atoms with Gasteiger partial charge in [-0.1, -0.05) is 19.8 Å². The quantitative estimate of drug-likeness (QED) is 0.800. The van der Waals surface area contributed by atoms with Crippen molar-refractivity contribution in [1.29, 1.82) is 0 Å². The van der Waals surface area contributed by atoms with Crippen LogP contribution in [-0.2, 0) is 4.79 Å². The van der Waals surface area contributed by atoms with E-state index in [1.165, 1.54) is 4.90 Å². The standard InChI is InChI=1S/C14H24N2O4/c1-2-10-6-4-3-5-7-15(10)14(20)16-9-11(17)8-12(16)13(18)19/h10-12,17H,2-9H2,1H3,(H,18,19)/t10?,11-,12+/m1/s1. The minimum atomic E-state index is -1.03. The zero-order chi connectivity index (χ0) is 14.7. The van der Waals surface area contributed by atoms with E-state index in [0.717, 1.165) is 32.1 Å². The van der Waals surface area contributed by atoms with Crippen LogP contribution in [0.2, 0.25) is 0 Å². The van der Waals surface area contributed by atoms with E-state index in [1.54, 1.807) is 0 Å². The number of carbonyl (C=O) groups excluding carboxylic acids is 1. The second kappa shape index (κ2) is 6.43.